The number of nitriles is 1. The molecule has 1 heterocycles. The van der Waals surface area contributed by atoms with Gasteiger partial charge in [0.25, 0.3) is 20.0 Å². The normalized spacial score (nSPS) is 11.6. The molecule has 0 aliphatic rings. The van der Waals surface area contributed by atoms with Crippen molar-refractivity contribution in [3.63, 3.8) is 0 Å². The molecule has 0 aliphatic carbocycles. The van der Waals surface area contributed by atoms with E-state index < -0.39 is 20.0 Å². The van der Waals surface area contributed by atoms with Gasteiger partial charge in [0.1, 0.15) is 14.9 Å². The van der Waals surface area contributed by atoms with E-state index in [0.29, 0.717) is 0 Å². The summed E-state index contributed by atoms with van der Waals surface area (Å²) in [5, 5.41) is 9.92. The molecule has 0 radical (unpaired) electrons. The van der Waals surface area contributed by atoms with Gasteiger partial charge in [-0.05, 0) is 47.9 Å². The number of hydrogen-bond acceptors (Lipinski definition) is 7. The van der Waals surface area contributed by atoms with E-state index in [1.165, 1.54) is 37.4 Å². The van der Waals surface area contributed by atoms with E-state index in [4.69, 9.17) is 10.00 Å². The number of anilines is 2. The molecule has 0 unspecified atom stereocenters. The fraction of sp³-hybridized carbons (Fsp3) is 0.0455. The molecule has 0 saturated heterocycles. The number of para-hydroxylation sites is 2. The minimum absolute atomic E-state index is 0.0200. The zero-order chi connectivity index (χ0) is 23.6. The van der Waals surface area contributed by atoms with Crippen LogP contribution in [0.25, 0.3) is 10.1 Å². The van der Waals surface area contributed by atoms with Crippen molar-refractivity contribution in [2.75, 3.05) is 16.6 Å². The number of fused-ring (bicyclic) bond motifs is 1. The Kier molecular flexibility index (Phi) is 5.99. The average Bonchev–Trinajstić information content (AvgIpc) is 3.25. The molecular formula is C22H17N3O5S3. The van der Waals surface area contributed by atoms with Gasteiger partial charge in [0.15, 0.2) is 0 Å². The molecule has 11 heteroatoms. The second-order valence-electron chi connectivity index (χ2n) is 6.84. The Labute approximate surface area is 195 Å². The van der Waals surface area contributed by atoms with Crippen molar-refractivity contribution >= 4 is 52.8 Å². The molecule has 3 aromatic carbocycles. The van der Waals surface area contributed by atoms with Gasteiger partial charge in [0.05, 0.1) is 30.1 Å². The predicted octanol–water partition coefficient (Wildman–Crippen LogP) is 4.38. The van der Waals surface area contributed by atoms with Crippen LogP contribution >= 0.6 is 11.3 Å². The predicted molar refractivity (Wildman–Crippen MR) is 128 cm³/mol. The third-order valence-corrected chi connectivity index (χ3v) is 9.01. The Hall–Kier alpha value is -3.59. The van der Waals surface area contributed by atoms with Crippen LogP contribution in [0.2, 0.25) is 0 Å². The molecule has 0 saturated carbocycles. The number of ether oxygens (including phenoxy) is 1. The van der Waals surface area contributed by atoms with E-state index in [-0.39, 0.29) is 31.8 Å². The van der Waals surface area contributed by atoms with E-state index in [0.717, 1.165) is 21.4 Å². The monoisotopic (exact) mass is 499 g/mol. The molecule has 1 aromatic heterocycles. The van der Waals surface area contributed by atoms with Crippen molar-refractivity contribution in [2.24, 2.45) is 0 Å². The summed E-state index contributed by atoms with van der Waals surface area (Å²) in [7, 11) is -6.87. The minimum atomic E-state index is -4.21. The average molecular weight is 500 g/mol. The molecule has 0 atom stereocenters. The lowest BCUT2D eigenvalue weighted by Gasteiger charge is -2.15. The number of methoxy groups -OCH3 is 1. The van der Waals surface area contributed by atoms with Crippen LogP contribution in [0.15, 0.2) is 81.9 Å². The SMILES string of the molecule is COc1ccc(C#N)cc1S(=O)(=O)Nc1ccccc1NS(=O)(=O)c1cc2ccccc2s1. The lowest BCUT2D eigenvalue weighted by Crippen LogP contribution is -2.17. The highest BCUT2D eigenvalue weighted by Gasteiger charge is 2.24. The maximum Gasteiger partial charge on any atom is 0.271 e. The minimum Gasteiger partial charge on any atom is -0.495 e. The quantitative estimate of drug-likeness (QED) is 0.389. The molecular weight excluding hydrogens is 482 g/mol. The molecule has 33 heavy (non-hydrogen) atoms. The first-order valence-corrected chi connectivity index (χ1v) is 13.2. The topological polar surface area (TPSA) is 125 Å². The number of sulfonamides is 2. The van der Waals surface area contributed by atoms with Gasteiger partial charge in [-0.1, -0.05) is 30.3 Å². The van der Waals surface area contributed by atoms with Gasteiger partial charge in [-0.3, -0.25) is 9.44 Å². The van der Waals surface area contributed by atoms with Gasteiger partial charge >= 0.3 is 0 Å². The summed E-state index contributed by atoms with van der Waals surface area (Å²) >= 11 is 1.11. The molecule has 168 valence electrons. The largest absolute Gasteiger partial charge is 0.495 e. The third-order valence-electron chi connectivity index (χ3n) is 4.67. The summed E-state index contributed by atoms with van der Waals surface area (Å²) in [5.74, 6) is 0.0461. The van der Waals surface area contributed by atoms with E-state index in [9.17, 15) is 16.8 Å². The summed E-state index contributed by atoms with van der Waals surface area (Å²) in [5.41, 5.74) is 0.204. The zero-order valence-corrected chi connectivity index (χ0v) is 19.6. The van der Waals surface area contributed by atoms with Crippen LogP contribution < -0.4 is 14.2 Å². The van der Waals surface area contributed by atoms with Crippen molar-refractivity contribution in [1.82, 2.24) is 0 Å². The number of nitrogens with one attached hydrogen (secondary N) is 2. The second kappa shape index (κ2) is 8.74. The number of thiophene rings is 1. The van der Waals surface area contributed by atoms with Gasteiger partial charge < -0.3 is 4.74 Å². The lowest BCUT2D eigenvalue weighted by molar-refractivity contribution is 0.403. The van der Waals surface area contributed by atoms with E-state index in [1.807, 2.05) is 30.3 Å². The molecule has 4 rings (SSSR count). The van der Waals surface area contributed by atoms with Crippen LogP contribution in [-0.4, -0.2) is 23.9 Å². The zero-order valence-electron chi connectivity index (χ0n) is 17.1. The Morgan fingerprint density at radius 2 is 1.48 bits per heavy atom. The molecule has 4 aromatic rings. The fourth-order valence-electron chi connectivity index (χ4n) is 3.10. The highest BCUT2D eigenvalue weighted by atomic mass is 32.2. The second-order valence-corrected chi connectivity index (χ2v) is 11.5. The smallest absolute Gasteiger partial charge is 0.271 e. The van der Waals surface area contributed by atoms with Crippen LogP contribution in [-0.2, 0) is 20.0 Å². The van der Waals surface area contributed by atoms with Gasteiger partial charge in [-0.15, -0.1) is 11.3 Å². The van der Waals surface area contributed by atoms with Gasteiger partial charge in [0, 0.05) is 4.70 Å². The lowest BCUT2D eigenvalue weighted by atomic mass is 10.2. The van der Waals surface area contributed by atoms with Crippen molar-refractivity contribution in [3.05, 3.63) is 78.4 Å². The first-order chi connectivity index (χ1) is 15.7. The van der Waals surface area contributed by atoms with Crippen molar-refractivity contribution in [3.8, 4) is 11.8 Å². The van der Waals surface area contributed by atoms with Crippen LogP contribution in [0.1, 0.15) is 5.56 Å². The molecule has 0 spiro atoms. The van der Waals surface area contributed by atoms with E-state index in [2.05, 4.69) is 9.44 Å². The summed E-state index contributed by atoms with van der Waals surface area (Å²) in [4.78, 5) is -0.244. The molecule has 0 aliphatic heterocycles. The van der Waals surface area contributed by atoms with Crippen molar-refractivity contribution < 1.29 is 21.6 Å². The van der Waals surface area contributed by atoms with Gasteiger partial charge in [-0.25, -0.2) is 16.8 Å². The third kappa shape index (κ3) is 4.63. The maximum absolute atomic E-state index is 13.1. The van der Waals surface area contributed by atoms with E-state index >= 15 is 0 Å². The Morgan fingerprint density at radius 1 is 0.848 bits per heavy atom. The summed E-state index contributed by atoms with van der Waals surface area (Å²) in [6, 6.07) is 20.8. The highest BCUT2D eigenvalue weighted by molar-refractivity contribution is 7.95. The highest BCUT2D eigenvalue weighted by Crippen LogP contribution is 2.33. The van der Waals surface area contributed by atoms with Gasteiger partial charge in [0.2, 0.25) is 0 Å². The molecule has 0 amide bonds. The van der Waals surface area contributed by atoms with Crippen molar-refractivity contribution in [2.45, 2.75) is 9.10 Å². The van der Waals surface area contributed by atoms with Crippen molar-refractivity contribution in [1.29, 1.82) is 5.26 Å². The molecule has 0 fully saturated rings. The number of benzene rings is 3. The number of rotatable bonds is 7. The standard InChI is InChI=1S/C22H17N3O5S3/c1-30-19-11-10-15(14-23)12-21(19)32(26,27)24-17-7-3-4-8-18(17)25-33(28,29)22-13-16-6-2-5-9-20(16)31-22/h2-13,24-25H,1H3. The molecule has 2 N–H and O–H groups in total. The number of hydrogen-bond donors (Lipinski definition) is 2. The first kappa shape index (κ1) is 22.6. The summed E-state index contributed by atoms with van der Waals surface area (Å²) < 4.78 is 63.1. The maximum atomic E-state index is 13.1. The van der Waals surface area contributed by atoms with Crippen LogP contribution in [0, 0.1) is 11.3 Å². The van der Waals surface area contributed by atoms with Crippen LogP contribution in [0.5, 0.6) is 5.75 Å². The summed E-state index contributed by atoms with van der Waals surface area (Å²) in [6.07, 6.45) is 0. The molecule has 8 nitrogen and oxygen atoms in total. The Bertz CT molecular complexity index is 1570. The Morgan fingerprint density at radius 3 is 2.12 bits per heavy atom. The van der Waals surface area contributed by atoms with E-state index in [1.54, 1.807) is 18.2 Å². The number of nitrogens with zero attached hydrogens (tertiary/aromatic N) is 1. The van der Waals surface area contributed by atoms with Crippen LogP contribution in [0.3, 0.4) is 0 Å². The summed E-state index contributed by atoms with van der Waals surface area (Å²) in [6.45, 7) is 0. The fourth-order valence-corrected chi connectivity index (χ4v) is 6.86. The first-order valence-electron chi connectivity index (χ1n) is 9.45. The molecule has 0 bridgehead atoms. The Balaban J connectivity index is 1.69. The van der Waals surface area contributed by atoms with Crippen LogP contribution in [0.4, 0.5) is 11.4 Å². The van der Waals surface area contributed by atoms with Gasteiger partial charge in [-0.2, -0.15) is 5.26 Å².